The van der Waals surface area contributed by atoms with Crippen LogP contribution >= 0.6 is 0 Å². The Labute approximate surface area is 157 Å². The molecule has 2 aliphatic heterocycles. The van der Waals surface area contributed by atoms with Crippen LogP contribution in [0.4, 0.5) is 0 Å². The summed E-state index contributed by atoms with van der Waals surface area (Å²) in [6, 6.07) is 5.49. The molecule has 0 radical (unpaired) electrons. The van der Waals surface area contributed by atoms with Gasteiger partial charge in [-0.05, 0) is 59.1 Å². The number of sulfonamides is 1. The molecule has 6 nitrogen and oxygen atoms in total. The maximum Gasteiger partial charge on any atom is 0.494 e. The summed E-state index contributed by atoms with van der Waals surface area (Å²) in [5, 5.41) is 3.27. The molecule has 2 saturated heterocycles. The van der Waals surface area contributed by atoms with E-state index < -0.39 is 28.3 Å². The lowest BCUT2D eigenvalue weighted by atomic mass is 9.78. The van der Waals surface area contributed by atoms with E-state index in [4.69, 9.17) is 9.31 Å². The van der Waals surface area contributed by atoms with Crippen molar-refractivity contribution in [1.82, 2.24) is 9.62 Å². The van der Waals surface area contributed by atoms with E-state index in [1.165, 1.54) is 0 Å². The van der Waals surface area contributed by atoms with Crippen LogP contribution in [0.1, 0.15) is 40.2 Å². The van der Waals surface area contributed by atoms with Gasteiger partial charge in [-0.1, -0.05) is 11.6 Å². The molecule has 0 saturated carbocycles. The SMILES string of the molecule is Cc1cc(B2OC(C)(C)C(C)(C)O2)cc(S(=O)(=O)N2CCN[C@H](C)C2)c1. The second-order valence-electron chi connectivity index (χ2n) is 8.39. The fourth-order valence-corrected chi connectivity index (χ4v) is 4.97. The van der Waals surface area contributed by atoms with Crippen LogP contribution < -0.4 is 10.8 Å². The summed E-state index contributed by atoms with van der Waals surface area (Å²) in [6.07, 6.45) is 0. The van der Waals surface area contributed by atoms with Crippen LogP contribution in [-0.2, 0) is 19.3 Å². The van der Waals surface area contributed by atoms with Gasteiger partial charge in [0, 0.05) is 25.7 Å². The van der Waals surface area contributed by atoms with E-state index in [1.807, 2.05) is 47.6 Å². The Balaban J connectivity index is 1.94. The first-order valence-corrected chi connectivity index (χ1v) is 10.6. The highest BCUT2D eigenvalue weighted by Gasteiger charge is 2.52. The Morgan fingerprint density at radius 2 is 1.77 bits per heavy atom. The highest BCUT2D eigenvalue weighted by molar-refractivity contribution is 7.89. The van der Waals surface area contributed by atoms with Gasteiger partial charge in [-0.15, -0.1) is 0 Å². The molecular weight excluding hydrogens is 351 g/mol. The molecule has 0 aliphatic carbocycles. The zero-order valence-electron chi connectivity index (χ0n) is 16.5. The molecule has 1 N–H and O–H groups in total. The van der Waals surface area contributed by atoms with Crippen molar-refractivity contribution in [1.29, 1.82) is 0 Å². The first-order chi connectivity index (χ1) is 11.9. The molecule has 3 rings (SSSR count). The van der Waals surface area contributed by atoms with E-state index in [1.54, 1.807) is 16.4 Å². The predicted molar refractivity (Wildman–Crippen MR) is 103 cm³/mol. The van der Waals surface area contributed by atoms with E-state index in [0.717, 1.165) is 11.0 Å². The molecule has 1 aromatic carbocycles. The average Bonchev–Trinajstić information content (AvgIpc) is 2.75. The largest absolute Gasteiger partial charge is 0.494 e. The fourth-order valence-electron chi connectivity index (χ4n) is 3.31. The second kappa shape index (κ2) is 6.60. The normalized spacial score (nSPS) is 26.2. The summed E-state index contributed by atoms with van der Waals surface area (Å²) < 4.78 is 40.0. The van der Waals surface area contributed by atoms with Crippen molar-refractivity contribution in [3.05, 3.63) is 23.8 Å². The van der Waals surface area contributed by atoms with Crippen molar-refractivity contribution in [2.45, 2.75) is 63.7 Å². The molecule has 2 fully saturated rings. The molecule has 2 aliphatic rings. The molecule has 26 heavy (non-hydrogen) atoms. The molecule has 0 unspecified atom stereocenters. The van der Waals surface area contributed by atoms with Crippen molar-refractivity contribution in [2.75, 3.05) is 19.6 Å². The number of hydrogen-bond donors (Lipinski definition) is 1. The number of piperazine rings is 1. The van der Waals surface area contributed by atoms with E-state index in [0.29, 0.717) is 24.5 Å². The number of hydrogen-bond acceptors (Lipinski definition) is 5. The van der Waals surface area contributed by atoms with Crippen LogP contribution in [0.25, 0.3) is 0 Å². The Bertz CT molecular complexity index is 778. The van der Waals surface area contributed by atoms with Crippen molar-refractivity contribution < 1.29 is 17.7 Å². The zero-order chi connectivity index (χ0) is 19.3. The van der Waals surface area contributed by atoms with Crippen molar-refractivity contribution in [2.24, 2.45) is 0 Å². The van der Waals surface area contributed by atoms with Gasteiger partial charge < -0.3 is 14.6 Å². The van der Waals surface area contributed by atoms with Gasteiger partial charge in [0.05, 0.1) is 16.1 Å². The molecule has 0 aromatic heterocycles. The summed E-state index contributed by atoms with van der Waals surface area (Å²) in [6.45, 7) is 13.5. The van der Waals surface area contributed by atoms with Gasteiger partial charge in [0.1, 0.15) is 0 Å². The third kappa shape index (κ3) is 3.58. The van der Waals surface area contributed by atoms with Gasteiger partial charge in [-0.3, -0.25) is 0 Å². The minimum Gasteiger partial charge on any atom is -0.399 e. The van der Waals surface area contributed by atoms with Gasteiger partial charge in [0.15, 0.2) is 0 Å². The molecule has 0 spiro atoms. The molecule has 8 heteroatoms. The van der Waals surface area contributed by atoms with Gasteiger partial charge in [0.2, 0.25) is 10.0 Å². The van der Waals surface area contributed by atoms with Crippen molar-refractivity contribution >= 4 is 22.6 Å². The standard InChI is InChI=1S/C18H29BN2O4S/c1-13-9-15(19-24-17(3,4)18(5,6)25-19)11-16(10-13)26(22,23)21-8-7-20-14(2)12-21/h9-11,14,20H,7-8,12H2,1-6H3/t14-/m1/s1. The Hall–Kier alpha value is -0.925. The van der Waals surface area contributed by atoms with Crippen LogP contribution in [0.15, 0.2) is 23.1 Å². The van der Waals surface area contributed by atoms with Crippen LogP contribution in [0.5, 0.6) is 0 Å². The van der Waals surface area contributed by atoms with Crippen molar-refractivity contribution in [3.8, 4) is 0 Å². The Morgan fingerprint density at radius 3 is 2.35 bits per heavy atom. The Kier molecular flexibility index (Phi) is 5.03. The molecule has 2 heterocycles. The highest BCUT2D eigenvalue weighted by Crippen LogP contribution is 2.36. The third-order valence-corrected chi connectivity index (χ3v) is 7.41. The maximum absolute atomic E-state index is 13.1. The maximum atomic E-state index is 13.1. The number of rotatable bonds is 3. The van der Waals surface area contributed by atoms with Crippen LogP contribution in [0.3, 0.4) is 0 Å². The van der Waals surface area contributed by atoms with Gasteiger partial charge in [-0.2, -0.15) is 4.31 Å². The second-order valence-corrected chi connectivity index (χ2v) is 10.3. The molecule has 0 bridgehead atoms. The molecule has 144 valence electrons. The lowest BCUT2D eigenvalue weighted by molar-refractivity contribution is 0.00578. The highest BCUT2D eigenvalue weighted by atomic mass is 32.2. The molecule has 1 aromatic rings. The van der Waals surface area contributed by atoms with Crippen LogP contribution in [0.2, 0.25) is 0 Å². The summed E-state index contributed by atoms with van der Waals surface area (Å²) in [5.41, 5.74) is 0.687. The van der Waals surface area contributed by atoms with Gasteiger partial charge in [0.25, 0.3) is 0 Å². The van der Waals surface area contributed by atoms with Gasteiger partial charge in [-0.25, -0.2) is 8.42 Å². The number of nitrogens with zero attached hydrogens (tertiary/aromatic N) is 1. The topological polar surface area (TPSA) is 67.9 Å². The minimum atomic E-state index is -3.54. The summed E-state index contributed by atoms with van der Waals surface area (Å²) >= 11 is 0. The quantitative estimate of drug-likeness (QED) is 0.801. The van der Waals surface area contributed by atoms with Crippen LogP contribution in [-0.4, -0.2) is 56.7 Å². The zero-order valence-corrected chi connectivity index (χ0v) is 17.3. The number of aryl methyl sites for hydroxylation is 1. The predicted octanol–water partition coefficient (Wildman–Crippen LogP) is 1.28. The van der Waals surface area contributed by atoms with Crippen LogP contribution in [0, 0.1) is 6.92 Å². The fraction of sp³-hybridized carbons (Fsp3) is 0.667. The first kappa shape index (κ1) is 19.8. The summed E-state index contributed by atoms with van der Waals surface area (Å²) in [4.78, 5) is 0.302. The lowest BCUT2D eigenvalue weighted by Gasteiger charge is -2.32. The van der Waals surface area contributed by atoms with E-state index in [9.17, 15) is 8.42 Å². The third-order valence-electron chi connectivity index (χ3n) is 5.57. The smallest absolute Gasteiger partial charge is 0.399 e. The van der Waals surface area contributed by atoms with E-state index in [2.05, 4.69) is 5.32 Å². The molecular formula is C18H29BN2O4S. The monoisotopic (exact) mass is 380 g/mol. The average molecular weight is 380 g/mol. The Morgan fingerprint density at radius 1 is 1.15 bits per heavy atom. The van der Waals surface area contributed by atoms with Crippen molar-refractivity contribution in [3.63, 3.8) is 0 Å². The van der Waals surface area contributed by atoms with E-state index in [-0.39, 0.29) is 6.04 Å². The summed E-state index contributed by atoms with van der Waals surface area (Å²) in [5.74, 6) is 0. The minimum absolute atomic E-state index is 0.144. The first-order valence-electron chi connectivity index (χ1n) is 9.13. The molecule has 1 atom stereocenters. The molecule has 0 amide bonds. The van der Waals surface area contributed by atoms with Gasteiger partial charge >= 0.3 is 7.12 Å². The summed E-state index contributed by atoms with van der Waals surface area (Å²) in [7, 11) is -4.12. The lowest BCUT2D eigenvalue weighted by Crippen LogP contribution is -2.51. The van der Waals surface area contributed by atoms with E-state index >= 15 is 0 Å². The number of benzene rings is 1. The number of nitrogens with one attached hydrogen (secondary N) is 1.